The van der Waals surface area contributed by atoms with E-state index in [1.807, 2.05) is 17.0 Å². The lowest BCUT2D eigenvalue weighted by atomic mass is 9.88. The van der Waals surface area contributed by atoms with E-state index >= 15 is 0 Å². The fourth-order valence-corrected chi connectivity index (χ4v) is 3.23. The van der Waals surface area contributed by atoms with Crippen LogP contribution in [0.3, 0.4) is 0 Å². The first kappa shape index (κ1) is 12.6. The van der Waals surface area contributed by atoms with E-state index in [1.165, 1.54) is 0 Å². The predicted octanol–water partition coefficient (Wildman–Crippen LogP) is 0.359. The standard InChI is InChI=1S/C14H19N3O2/c18-7-6-16-9-11-3-5-17(14(19)13(11)10-16)12-2-1-4-15-8-12/h1-2,4,8,11,13,18H,3,5-7,9-10H2/t11-,13-/m1/s1. The third kappa shape index (κ3) is 2.35. The monoisotopic (exact) mass is 261 g/mol. The Hall–Kier alpha value is -1.46. The molecule has 0 aromatic carbocycles. The number of amides is 1. The normalized spacial score (nSPS) is 27.6. The number of aromatic nitrogens is 1. The van der Waals surface area contributed by atoms with Gasteiger partial charge < -0.3 is 10.0 Å². The van der Waals surface area contributed by atoms with Crippen LogP contribution in [0, 0.1) is 11.8 Å². The molecule has 3 heterocycles. The lowest BCUT2D eigenvalue weighted by Gasteiger charge is -2.33. The number of rotatable bonds is 3. The number of hydrogen-bond acceptors (Lipinski definition) is 4. The number of β-amino-alcohol motifs (C(OH)–C–C–N with tert-alkyl or cyclic N) is 1. The number of likely N-dealkylation sites (tertiary alicyclic amines) is 1. The zero-order valence-corrected chi connectivity index (χ0v) is 10.9. The van der Waals surface area contributed by atoms with Gasteiger partial charge in [0.25, 0.3) is 0 Å². The summed E-state index contributed by atoms with van der Waals surface area (Å²) in [6.45, 7) is 3.34. The van der Waals surface area contributed by atoms with Crippen LogP contribution >= 0.6 is 0 Å². The van der Waals surface area contributed by atoms with E-state index in [0.29, 0.717) is 12.5 Å². The molecule has 0 unspecified atom stereocenters. The van der Waals surface area contributed by atoms with E-state index in [2.05, 4.69) is 9.88 Å². The Labute approximate surface area is 112 Å². The van der Waals surface area contributed by atoms with E-state index in [1.54, 1.807) is 12.4 Å². The van der Waals surface area contributed by atoms with Crippen molar-refractivity contribution in [1.82, 2.24) is 9.88 Å². The zero-order chi connectivity index (χ0) is 13.2. The smallest absolute Gasteiger partial charge is 0.231 e. The molecule has 0 spiro atoms. The second-order valence-corrected chi connectivity index (χ2v) is 5.34. The first-order chi connectivity index (χ1) is 9.29. The molecule has 1 N–H and O–H groups in total. The van der Waals surface area contributed by atoms with Gasteiger partial charge in [0.15, 0.2) is 0 Å². The fraction of sp³-hybridized carbons (Fsp3) is 0.571. The molecule has 2 aliphatic heterocycles. The molecule has 0 bridgehead atoms. The summed E-state index contributed by atoms with van der Waals surface area (Å²) in [7, 11) is 0. The molecule has 0 radical (unpaired) electrons. The number of piperidine rings is 1. The average molecular weight is 261 g/mol. The van der Waals surface area contributed by atoms with Crippen LogP contribution in [0.4, 0.5) is 5.69 Å². The summed E-state index contributed by atoms with van der Waals surface area (Å²) < 4.78 is 0. The minimum atomic E-state index is 0.0838. The highest BCUT2D eigenvalue weighted by molar-refractivity contribution is 5.96. The van der Waals surface area contributed by atoms with Crippen LogP contribution < -0.4 is 4.90 Å². The SMILES string of the molecule is O=C1[C@@H]2CN(CCO)C[C@H]2CCN1c1cccnc1. The van der Waals surface area contributed by atoms with Gasteiger partial charge in [-0.05, 0) is 24.5 Å². The van der Waals surface area contributed by atoms with Crippen molar-refractivity contribution in [2.75, 3.05) is 37.7 Å². The molecule has 1 aromatic heterocycles. The van der Waals surface area contributed by atoms with Gasteiger partial charge in [-0.15, -0.1) is 0 Å². The predicted molar refractivity (Wildman–Crippen MR) is 71.7 cm³/mol. The van der Waals surface area contributed by atoms with E-state index in [-0.39, 0.29) is 18.4 Å². The molecule has 5 heteroatoms. The Kier molecular flexibility index (Phi) is 3.48. The third-order valence-corrected chi connectivity index (χ3v) is 4.20. The minimum Gasteiger partial charge on any atom is -0.395 e. The largest absolute Gasteiger partial charge is 0.395 e. The van der Waals surface area contributed by atoms with Gasteiger partial charge in [-0.25, -0.2) is 0 Å². The average Bonchev–Trinajstić information content (AvgIpc) is 2.84. The van der Waals surface area contributed by atoms with Crippen LogP contribution in [0.5, 0.6) is 0 Å². The zero-order valence-electron chi connectivity index (χ0n) is 10.9. The van der Waals surface area contributed by atoms with Crippen LogP contribution in [0.25, 0.3) is 0 Å². The Balaban J connectivity index is 1.74. The van der Waals surface area contributed by atoms with Crippen LogP contribution in [0.2, 0.25) is 0 Å². The Bertz CT molecular complexity index is 451. The molecule has 1 aromatic rings. The first-order valence-corrected chi connectivity index (χ1v) is 6.84. The van der Waals surface area contributed by atoms with E-state index in [0.717, 1.165) is 31.7 Å². The number of carbonyl (C=O) groups excluding carboxylic acids is 1. The van der Waals surface area contributed by atoms with Crippen LogP contribution in [0.1, 0.15) is 6.42 Å². The van der Waals surface area contributed by atoms with E-state index in [4.69, 9.17) is 5.11 Å². The molecule has 2 fully saturated rings. The van der Waals surface area contributed by atoms with Gasteiger partial charge in [0.1, 0.15) is 0 Å². The second-order valence-electron chi connectivity index (χ2n) is 5.34. The van der Waals surface area contributed by atoms with Crippen molar-refractivity contribution < 1.29 is 9.90 Å². The maximum absolute atomic E-state index is 12.6. The molecule has 5 nitrogen and oxygen atoms in total. The molecule has 3 rings (SSSR count). The Morgan fingerprint density at radius 1 is 1.42 bits per heavy atom. The molecule has 2 saturated heterocycles. The van der Waals surface area contributed by atoms with Crippen LogP contribution in [0.15, 0.2) is 24.5 Å². The number of nitrogens with zero attached hydrogens (tertiary/aromatic N) is 3. The van der Waals surface area contributed by atoms with Gasteiger partial charge in [-0.1, -0.05) is 0 Å². The first-order valence-electron chi connectivity index (χ1n) is 6.84. The summed E-state index contributed by atoms with van der Waals surface area (Å²) in [5.74, 6) is 0.747. The lowest BCUT2D eigenvalue weighted by Crippen LogP contribution is -2.45. The van der Waals surface area contributed by atoms with Crippen molar-refractivity contribution in [3.8, 4) is 0 Å². The molecule has 19 heavy (non-hydrogen) atoms. The summed E-state index contributed by atoms with van der Waals surface area (Å²) in [5.41, 5.74) is 0.895. The molecule has 0 aliphatic carbocycles. The molecule has 1 amide bonds. The molecular formula is C14H19N3O2. The molecule has 2 aliphatic rings. The Morgan fingerprint density at radius 3 is 3.05 bits per heavy atom. The van der Waals surface area contributed by atoms with Crippen molar-refractivity contribution in [2.24, 2.45) is 11.8 Å². The summed E-state index contributed by atoms with van der Waals surface area (Å²) >= 11 is 0. The van der Waals surface area contributed by atoms with Gasteiger partial charge in [-0.2, -0.15) is 0 Å². The topological polar surface area (TPSA) is 56.7 Å². The van der Waals surface area contributed by atoms with Crippen molar-refractivity contribution in [2.45, 2.75) is 6.42 Å². The number of pyridine rings is 1. The molecule has 102 valence electrons. The molecular weight excluding hydrogens is 242 g/mol. The fourth-order valence-electron chi connectivity index (χ4n) is 3.23. The maximum Gasteiger partial charge on any atom is 0.231 e. The lowest BCUT2D eigenvalue weighted by molar-refractivity contribution is -0.124. The summed E-state index contributed by atoms with van der Waals surface area (Å²) in [5, 5.41) is 9.01. The second kappa shape index (κ2) is 5.27. The third-order valence-electron chi connectivity index (χ3n) is 4.20. The number of fused-ring (bicyclic) bond motifs is 1. The van der Waals surface area contributed by atoms with E-state index < -0.39 is 0 Å². The van der Waals surface area contributed by atoms with Crippen molar-refractivity contribution in [3.63, 3.8) is 0 Å². The van der Waals surface area contributed by atoms with Crippen molar-refractivity contribution in [3.05, 3.63) is 24.5 Å². The number of hydrogen-bond donors (Lipinski definition) is 1. The molecule has 0 saturated carbocycles. The van der Waals surface area contributed by atoms with Gasteiger partial charge >= 0.3 is 0 Å². The molecule has 2 atom stereocenters. The van der Waals surface area contributed by atoms with Gasteiger partial charge in [0.05, 0.1) is 24.4 Å². The van der Waals surface area contributed by atoms with Gasteiger partial charge in [0, 0.05) is 32.4 Å². The number of anilines is 1. The Morgan fingerprint density at radius 2 is 2.32 bits per heavy atom. The summed E-state index contributed by atoms with van der Waals surface area (Å²) in [4.78, 5) is 20.7. The summed E-state index contributed by atoms with van der Waals surface area (Å²) in [6.07, 6.45) is 4.51. The van der Waals surface area contributed by atoms with Gasteiger partial charge in [0.2, 0.25) is 5.91 Å². The van der Waals surface area contributed by atoms with Crippen molar-refractivity contribution in [1.29, 1.82) is 0 Å². The minimum absolute atomic E-state index is 0.0838. The number of carbonyl (C=O) groups is 1. The highest BCUT2D eigenvalue weighted by Gasteiger charge is 2.42. The van der Waals surface area contributed by atoms with Gasteiger partial charge in [-0.3, -0.25) is 14.7 Å². The number of aliphatic hydroxyl groups is 1. The van der Waals surface area contributed by atoms with Crippen LogP contribution in [-0.2, 0) is 4.79 Å². The van der Waals surface area contributed by atoms with E-state index in [9.17, 15) is 4.79 Å². The highest BCUT2D eigenvalue weighted by atomic mass is 16.3. The van der Waals surface area contributed by atoms with Crippen molar-refractivity contribution >= 4 is 11.6 Å². The quantitative estimate of drug-likeness (QED) is 0.853. The highest BCUT2D eigenvalue weighted by Crippen LogP contribution is 2.33. The maximum atomic E-state index is 12.6. The summed E-state index contributed by atoms with van der Waals surface area (Å²) in [6, 6.07) is 3.80. The number of aliphatic hydroxyl groups excluding tert-OH is 1. The van der Waals surface area contributed by atoms with Crippen LogP contribution in [-0.4, -0.2) is 53.7 Å².